The number of hydrogen-bond acceptors (Lipinski definition) is 4. The summed E-state index contributed by atoms with van der Waals surface area (Å²) >= 11 is 3.46. The third-order valence-corrected chi connectivity index (χ3v) is 5.75. The van der Waals surface area contributed by atoms with Crippen LogP contribution in [0.3, 0.4) is 0 Å². The maximum Gasteiger partial charge on any atom is 0.253 e. The molecule has 1 fully saturated rings. The molecule has 30 heavy (non-hydrogen) atoms. The van der Waals surface area contributed by atoms with Crippen LogP contribution in [0.1, 0.15) is 28.8 Å². The minimum Gasteiger partial charge on any atom is -0.338 e. The van der Waals surface area contributed by atoms with Crippen LogP contribution < -0.4 is 5.32 Å². The van der Waals surface area contributed by atoms with Gasteiger partial charge in [0.05, 0.1) is 17.3 Å². The number of likely N-dealkylation sites (tertiary alicyclic amines) is 1. The fraction of sp³-hybridized carbons (Fsp3) is 0.273. The van der Waals surface area contributed by atoms with Crippen LogP contribution in [0, 0.1) is 12.8 Å². The van der Waals surface area contributed by atoms with Crippen molar-refractivity contribution in [1.29, 1.82) is 0 Å². The Morgan fingerprint density at radius 2 is 1.97 bits per heavy atom. The predicted molar refractivity (Wildman–Crippen MR) is 117 cm³/mol. The quantitative estimate of drug-likeness (QED) is 0.631. The van der Waals surface area contributed by atoms with Gasteiger partial charge in [0.1, 0.15) is 12.7 Å². The molecule has 1 saturated heterocycles. The van der Waals surface area contributed by atoms with E-state index in [1.807, 2.05) is 49.4 Å². The first kappa shape index (κ1) is 20.3. The second kappa shape index (κ2) is 8.79. The van der Waals surface area contributed by atoms with Gasteiger partial charge in [-0.1, -0.05) is 33.6 Å². The Balaban J connectivity index is 1.48. The highest BCUT2D eigenvalue weighted by Crippen LogP contribution is 2.26. The van der Waals surface area contributed by atoms with E-state index in [-0.39, 0.29) is 17.7 Å². The number of nitrogens with zero attached hydrogens (tertiary/aromatic N) is 4. The van der Waals surface area contributed by atoms with Crippen molar-refractivity contribution in [3.63, 3.8) is 0 Å². The second-order valence-corrected chi connectivity index (χ2v) is 8.36. The van der Waals surface area contributed by atoms with E-state index in [0.29, 0.717) is 24.3 Å². The van der Waals surface area contributed by atoms with Crippen LogP contribution in [0.4, 0.5) is 5.69 Å². The number of carbonyl (C=O) groups excluding carboxylic acids is 2. The summed E-state index contributed by atoms with van der Waals surface area (Å²) in [7, 11) is 0. The molecule has 2 amide bonds. The summed E-state index contributed by atoms with van der Waals surface area (Å²) in [6.07, 6.45) is 4.57. The normalized spacial score (nSPS) is 16.3. The van der Waals surface area contributed by atoms with E-state index < -0.39 is 0 Å². The van der Waals surface area contributed by atoms with Crippen LogP contribution in [0.25, 0.3) is 5.69 Å². The number of nitrogens with one attached hydrogen (secondary N) is 1. The molecule has 4 rings (SSSR count). The van der Waals surface area contributed by atoms with Crippen molar-refractivity contribution in [3.05, 3.63) is 70.7 Å². The molecule has 154 valence electrons. The number of halogens is 1. The molecular formula is C22H22BrN5O2. The lowest BCUT2D eigenvalue weighted by atomic mass is 9.96. The van der Waals surface area contributed by atoms with Gasteiger partial charge in [-0.3, -0.25) is 9.59 Å². The molecule has 0 spiro atoms. The lowest BCUT2D eigenvalue weighted by Gasteiger charge is -2.32. The first-order valence-electron chi connectivity index (χ1n) is 9.82. The number of carbonyl (C=O) groups is 2. The summed E-state index contributed by atoms with van der Waals surface area (Å²) in [4.78, 5) is 31.7. The van der Waals surface area contributed by atoms with Crippen molar-refractivity contribution >= 4 is 33.4 Å². The summed E-state index contributed by atoms with van der Waals surface area (Å²) in [6.45, 7) is 3.06. The third-order valence-electron chi connectivity index (χ3n) is 5.26. The Labute approximate surface area is 183 Å². The number of aryl methyl sites for hydroxylation is 1. The van der Waals surface area contributed by atoms with Crippen molar-refractivity contribution in [2.75, 3.05) is 18.4 Å². The molecule has 1 aliphatic rings. The standard InChI is InChI=1S/C22H22BrN5O2/c1-15-4-6-16(7-5-15)22(30)27-10-2-3-17(12-27)21(29)26-19-11-18(23)8-9-20(19)28-14-24-13-25-28/h4-9,11,13-14,17H,2-3,10,12H2,1H3,(H,26,29). The molecule has 0 saturated carbocycles. The smallest absolute Gasteiger partial charge is 0.253 e. The molecule has 1 aliphatic heterocycles. The molecule has 0 aliphatic carbocycles. The Kier molecular flexibility index (Phi) is 5.94. The largest absolute Gasteiger partial charge is 0.338 e. The number of hydrogen-bond donors (Lipinski definition) is 1. The van der Waals surface area contributed by atoms with Crippen LogP contribution in [0.2, 0.25) is 0 Å². The molecule has 2 heterocycles. The monoisotopic (exact) mass is 467 g/mol. The molecule has 1 N–H and O–H groups in total. The van der Waals surface area contributed by atoms with Crippen molar-refractivity contribution < 1.29 is 9.59 Å². The SMILES string of the molecule is Cc1ccc(C(=O)N2CCCC(C(=O)Nc3cc(Br)ccc3-n3cncn3)C2)cc1. The van der Waals surface area contributed by atoms with Crippen LogP contribution in [0.5, 0.6) is 0 Å². The minimum atomic E-state index is -0.268. The molecule has 1 aromatic heterocycles. The average Bonchev–Trinajstić information content (AvgIpc) is 3.28. The molecule has 3 aromatic rings. The number of anilines is 1. The van der Waals surface area contributed by atoms with Gasteiger partial charge in [-0.05, 0) is 50.1 Å². The summed E-state index contributed by atoms with van der Waals surface area (Å²) < 4.78 is 2.46. The van der Waals surface area contributed by atoms with E-state index in [2.05, 4.69) is 31.3 Å². The highest BCUT2D eigenvalue weighted by molar-refractivity contribution is 9.10. The van der Waals surface area contributed by atoms with Gasteiger partial charge in [0, 0.05) is 23.1 Å². The van der Waals surface area contributed by atoms with E-state index in [9.17, 15) is 9.59 Å². The molecule has 0 radical (unpaired) electrons. The number of benzene rings is 2. The van der Waals surface area contributed by atoms with Gasteiger partial charge in [0.15, 0.2) is 0 Å². The first-order chi connectivity index (χ1) is 14.5. The van der Waals surface area contributed by atoms with Gasteiger partial charge in [0.2, 0.25) is 5.91 Å². The van der Waals surface area contributed by atoms with Crippen LogP contribution >= 0.6 is 15.9 Å². The molecular weight excluding hydrogens is 446 g/mol. The molecule has 1 atom stereocenters. The van der Waals surface area contributed by atoms with E-state index >= 15 is 0 Å². The van der Waals surface area contributed by atoms with E-state index in [1.165, 1.54) is 6.33 Å². The molecule has 7 nitrogen and oxygen atoms in total. The zero-order valence-corrected chi connectivity index (χ0v) is 18.2. The van der Waals surface area contributed by atoms with Crippen LogP contribution in [-0.2, 0) is 4.79 Å². The Morgan fingerprint density at radius 3 is 2.70 bits per heavy atom. The maximum absolute atomic E-state index is 13.0. The van der Waals surface area contributed by atoms with Crippen molar-refractivity contribution in [2.24, 2.45) is 5.92 Å². The van der Waals surface area contributed by atoms with Gasteiger partial charge < -0.3 is 10.2 Å². The van der Waals surface area contributed by atoms with Crippen LogP contribution in [-0.4, -0.2) is 44.6 Å². The fourth-order valence-electron chi connectivity index (χ4n) is 3.63. The molecule has 0 bridgehead atoms. The van der Waals surface area contributed by atoms with Gasteiger partial charge in [-0.2, -0.15) is 5.10 Å². The van der Waals surface area contributed by atoms with Gasteiger partial charge in [-0.25, -0.2) is 9.67 Å². The minimum absolute atomic E-state index is 0.0294. The second-order valence-electron chi connectivity index (χ2n) is 7.45. The van der Waals surface area contributed by atoms with E-state index in [1.54, 1.807) is 15.9 Å². The summed E-state index contributed by atoms with van der Waals surface area (Å²) in [5.74, 6) is -0.398. The highest BCUT2D eigenvalue weighted by Gasteiger charge is 2.29. The Bertz CT molecular complexity index is 1050. The fourth-order valence-corrected chi connectivity index (χ4v) is 3.99. The number of amides is 2. The van der Waals surface area contributed by atoms with Gasteiger partial charge >= 0.3 is 0 Å². The number of piperidine rings is 1. The van der Waals surface area contributed by atoms with Crippen molar-refractivity contribution in [1.82, 2.24) is 19.7 Å². The average molecular weight is 468 g/mol. The summed E-state index contributed by atoms with van der Waals surface area (Å²) in [6, 6.07) is 13.1. The Morgan fingerprint density at radius 1 is 1.17 bits per heavy atom. The molecule has 8 heteroatoms. The van der Waals surface area contributed by atoms with Gasteiger partial charge in [-0.15, -0.1) is 0 Å². The zero-order chi connectivity index (χ0) is 21.1. The lowest BCUT2D eigenvalue weighted by molar-refractivity contribution is -0.121. The topological polar surface area (TPSA) is 80.1 Å². The summed E-state index contributed by atoms with van der Waals surface area (Å²) in [5.41, 5.74) is 3.14. The van der Waals surface area contributed by atoms with Crippen LogP contribution in [0.15, 0.2) is 59.6 Å². The first-order valence-corrected chi connectivity index (χ1v) is 10.6. The van der Waals surface area contributed by atoms with Gasteiger partial charge in [0.25, 0.3) is 5.91 Å². The summed E-state index contributed by atoms with van der Waals surface area (Å²) in [5, 5.41) is 7.18. The highest BCUT2D eigenvalue weighted by atomic mass is 79.9. The lowest BCUT2D eigenvalue weighted by Crippen LogP contribution is -2.43. The maximum atomic E-state index is 13.0. The predicted octanol–water partition coefficient (Wildman–Crippen LogP) is 3.83. The number of aromatic nitrogens is 3. The van der Waals surface area contributed by atoms with E-state index in [0.717, 1.165) is 28.6 Å². The zero-order valence-electron chi connectivity index (χ0n) is 16.6. The molecule has 1 unspecified atom stereocenters. The Hall–Kier alpha value is -3.00. The third kappa shape index (κ3) is 4.43. The van der Waals surface area contributed by atoms with Crippen molar-refractivity contribution in [2.45, 2.75) is 19.8 Å². The molecule has 2 aromatic carbocycles. The van der Waals surface area contributed by atoms with Crippen molar-refractivity contribution in [3.8, 4) is 5.69 Å². The van der Waals surface area contributed by atoms with E-state index in [4.69, 9.17) is 0 Å². The number of rotatable bonds is 4.